The molecular weight excluding hydrogens is 262 g/mol. The molecule has 0 spiro atoms. The summed E-state index contributed by atoms with van der Waals surface area (Å²) in [5.74, 6) is -1.15. The molecule has 7 nitrogen and oxygen atoms in total. The van der Waals surface area contributed by atoms with E-state index in [0.29, 0.717) is 18.8 Å². The number of hydrogen-bond donors (Lipinski definition) is 3. The van der Waals surface area contributed by atoms with Gasteiger partial charge in [0, 0.05) is 6.07 Å². The predicted octanol–water partition coefficient (Wildman–Crippen LogP) is 0.533. The zero-order valence-corrected chi connectivity index (χ0v) is 11.2. The lowest BCUT2D eigenvalue weighted by atomic mass is 9.77. The minimum atomic E-state index is -1.23. The van der Waals surface area contributed by atoms with E-state index in [2.05, 4.69) is 22.4 Å². The Balaban J connectivity index is 2.16. The maximum absolute atomic E-state index is 12.1. The predicted molar refractivity (Wildman–Crippen MR) is 70.3 cm³/mol. The molecule has 0 unspecified atom stereocenters. The fourth-order valence-corrected chi connectivity index (χ4v) is 2.40. The third-order valence-corrected chi connectivity index (χ3v) is 3.80. The van der Waals surface area contributed by atoms with E-state index >= 15 is 0 Å². The first-order chi connectivity index (χ1) is 9.43. The fourth-order valence-electron chi connectivity index (χ4n) is 2.40. The van der Waals surface area contributed by atoms with E-state index in [-0.39, 0.29) is 5.69 Å². The number of nitrogens with zero attached hydrogens (tertiary/aromatic N) is 1. The van der Waals surface area contributed by atoms with Crippen LogP contribution in [0.3, 0.4) is 0 Å². The highest BCUT2D eigenvalue weighted by atomic mass is 16.4. The summed E-state index contributed by atoms with van der Waals surface area (Å²) < 4.78 is 0. The van der Waals surface area contributed by atoms with E-state index in [0.717, 1.165) is 12.8 Å². The van der Waals surface area contributed by atoms with Crippen LogP contribution in [0.4, 0.5) is 0 Å². The normalized spacial score (nSPS) is 25.9. The summed E-state index contributed by atoms with van der Waals surface area (Å²) in [5, 5.41) is 17.7. The van der Waals surface area contributed by atoms with Crippen molar-refractivity contribution in [2.24, 2.45) is 5.92 Å². The van der Waals surface area contributed by atoms with E-state index in [4.69, 9.17) is 0 Å². The van der Waals surface area contributed by atoms with Crippen LogP contribution in [-0.4, -0.2) is 32.7 Å². The average Bonchev–Trinajstić information content (AvgIpc) is 2.42. The number of carbonyl (C=O) groups is 2. The molecule has 2 rings (SSSR count). The van der Waals surface area contributed by atoms with Crippen molar-refractivity contribution in [2.75, 3.05) is 0 Å². The van der Waals surface area contributed by atoms with Crippen LogP contribution in [-0.2, 0) is 4.79 Å². The van der Waals surface area contributed by atoms with Gasteiger partial charge in [0.1, 0.15) is 11.2 Å². The van der Waals surface area contributed by atoms with Gasteiger partial charge in [-0.1, -0.05) is 6.92 Å². The molecule has 3 N–H and O–H groups in total. The summed E-state index contributed by atoms with van der Waals surface area (Å²) >= 11 is 0. The largest absolute Gasteiger partial charge is 0.480 e. The molecule has 108 valence electrons. The van der Waals surface area contributed by atoms with Gasteiger partial charge in [-0.25, -0.2) is 9.89 Å². The van der Waals surface area contributed by atoms with Crippen molar-refractivity contribution in [1.82, 2.24) is 15.5 Å². The highest BCUT2D eigenvalue weighted by Gasteiger charge is 2.42. The summed E-state index contributed by atoms with van der Waals surface area (Å²) in [6.07, 6.45) is 2.31. The van der Waals surface area contributed by atoms with E-state index < -0.39 is 23.0 Å². The molecule has 0 saturated heterocycles. The van der Waals surface area contributed by atoms with Gasteiger partial charge in [0.2, 0.25) is 0 Å². The maximum Gasteiger partial charge on any atom is 0.329 e. The monoisotopic (exact) mass is 279 g/mol. The first-order valence-electron chi connectivity index (χ1n) is 6.54. The van der Waals surface area contributed by atoms with Crippen LogP contribution >= 0.6 is 0 Å². The van der Waals surface area contributed by atoms with Crippen molar-refractivity contribution >= 4 is 11.9 Å². The molecule has 0 bridgehead atoms. The van der Waals surface area contributed by atoms with Crippen molar-refractivity contribution in [2.45, 2.75) is 38.1 Å². The van der Waals surface area contributed by atoms with Crippen LogP contribution in [0.25, 0.3) is 0 Å². The molecule has 1 heterocycles. The van der Waals surface area contributed by atoms with Crippen LogP contribution in [0.5, 0.6) is 0 Å². The highest BCUT2D eigenvalue weighted by molar-refractivity contribution is 5.96. The number of carboxylic acids is 1. The summed E-state index contributed by atoms with van der Waals surface area (Å²) in [7, 11) is 0. The van der Waals surface area contributed by atoms with Gasteiger partial charge in [-0.3, -0.25) is 9.59 Å². The summed E-state index contributed by atoms with van der Waals surface area (Å²) in [6, 6.07) is 2.45. The molecule has 1 aromatic rings. The van der Waals surface area contributed by atoms with E-state index in [1.807, 2.05) is 0 Å². The van der Waals surface area contributed by atoms with Gasteiger partial charge in [-0.05, 0) is 37.7 Å². The second kappa shape index (κ2) is 5.44. The Kier molecular flexibility index (Phi) is 3.87. The summed E-state index contributed by atoms with van der Waals surface area (Å²) in [5.41, 5.74) is -1.65. The van der Waals surface area contributed by atoms with E-state index in [1.165, 1.54) is 12.1 Å². The van der Waals surface area contributed by atoms with Gasteiger partial charge in [0.15, 0.2) is 0 Å². The number of hydrogen-bond acceptors (Lipinski definition) is 4. The first kappa shape index (κ1) is 14.2. The second-order valence-electron chi connectivity index (χ2n) is 5.33. The minimum absolute atomic E-state index is 0.00356. The summed E-state index contributed by atoms with van der Waals surface area (Å²) in [4.78, 5) is 34.5. The second-order valence-corrected chi connectivity index (χ2v) is 5.33. The Bertz CT molecular complexity index is 553. The molecule has 1 fully saturated rings. The standard InChI is InChI=1S/C13H17N3O4/c1-8-4-6-13(7-5-8,12(19)20)14-11(18)9-2-3-10(17)16-15-9/h2-3,8H,4-7H2,1H3,(H,14,18)(H,16,17)(H,19,20). The van der Waals surface area contributed by atoms with Crippen molar-refractivity contribution < 1.29 is 14.7 Å². The molecule has 1 amide bonds. The number of aromatic amines is 1. The van der Waals surface area contributed by atoms with E-state index in [1.54, 1.807) is 0 Å². The van der Waals surface area contributed by atoms with Gasteiger partial charge in [-0.15, -0.1) is 0 Å². The number of carbonyl (C=O) groups excluding carboxylic acids is 1. The molecular formula is C13H17N3O4. The number of carboxylic acid groups (broad SMARTS) is 1. The third-order valence-electron chi connectivity index (χ3n) is 3.80. The van der Waals surface area contributed by atoms with Gasteiger partial charge < -0.3 is 10.4 Å². The molecule has 0 atom stereocenters. The van der Waals surface area contributed by atoms with Gasteiger partial charge in [-0.2, -0.15) is 5.10 Å². The number of H-pyrrole nitrogens is 1. The Labute approximate surface area is 115 Å². The molecule has 20 heavy (non-hydrogen) atoms. The van der Waals surface area contributed by atoms with E-state index in [9.17, 15) is 19.5 Å². The molecule has 7 heteroatoms. The Morgan fingerprint density at radius 3 is 2.55 bits per heavy atom. The number of aliphatic carboxylic acids is 1. The zero-order chi connectivity index (χ0) is 14.8. The van der Waals surface area contributed by atoms with Gasteiger partial charge >= 0.3 is 5.97 Å². The molecule has 0 aromatic carbocycles. The van der Waals surface area contributed by atoms with Gasteiger partial charge in [0.25, 0.3) is 11.5 Å². The molecule has 1 saturated carbocycles. The lowest BCUT2D eigenvalue weighted by molar-refractivity contribution is -0.146. The summed E-state index contributed by atoms with van der Waals surface area (Å²) in [6.45, 7) is 2.07. The third kappa shape index (κ3) is 2.87. The smallest absolute Gasteiger partial charge is 0.329 e. The number of rotatable bonds is 3. The van der Waals surface area contributed by atoms with Crippen LogP contribution in [0.2, 0.25) is 0 Å². The van der Waals surface area contributed by atoms with Gasteiger partial charge in [0.05, 0.1) is 0 Å². The lowest BCUT2D eigenvalue weighted by Crippen LogP contribution is -2.56. The number of nitrogens with one attached hydrogen (secondary N) is 2. The zero-order valence-electron chi connectivity index (χ0n) is 11.2. The SMILES string of the molecule is CC1CCC(NC(=O)c2ccc(=O)[nH]n2)(C(=O)O)CC1. The highest BCUT2D eigenvalue weighted by Crippen LogP contribution is 2.32. The number of aromatic nitrogens is 2. The van der Waals surface area contributed by atoms with Crippen LogP contribution in [0.1, 0.15) is 43.1 Å². The molecule has 1 aliphatic carbocycles. The first-order valence-corrected chi connectivity index (χ1v) is 6.54. The fraction of sp³-hybridized carbons (Fsp3) is 0.538. The quantitative estimate of drug-likeness (QED) is 0.747. The molecule has 1 aromatic heterocycles. The van der Waals surface area contributed by atoms with Crippen LogP contribution in [0.15, 0.2) is 16.9 Å². The minimum Gasteiger partial charge on any atom is -0.480 e. The Morgan fingerprint density at radius 1 is 1.40 bits per heavy atom. The Morgan fingerprint density at radius 2 is 2.05 bits per heavy atom. The lowest BCUT2D eigenvalue weighted by Gasteiger charge is -2.36. The molecule has 0 radical (unpaired) electrons. The maximum atomic E-state index is 12.1. The topological polar surface area (TPSA) is 112 Å². The van der Waals surface area contributed by atoms with Crippen molar-refractivity contribution in [3.63, 3.8) is 0 Å². The number of amides is 1. The van der Waals surface area contributed by atoms with Crippen molar-refractivity contribution in [3.8, 4) is 0 Å². The van der Waals surface area contributed by atoms with Crippen LogP contribution < -0.4 is 10.9 Å². The van der Waals surface area contributed by atoms with Crippen molar-refractivity contribution in [1.29, 1.82) is 0 Å². The molecule has 1 aliphatic rings. The van der Waals surface area contributed by atoms with Crippen molar-refractivity contribution in [3.05, 3.63) is 28.2 Å². The molecule has 0 aliphatic heterocycles. The van der Waals surface area contributed by atoms with Crippen LogP contribution in [0, 0.1) is 5.92 Å². The average molecular weight is 279 g/mol. The Hall–Kier alpha value is -2.18.